The van der Waals surface area contributed by atoms with E-state index in [4.69, 9.17) is 10.3 Å². The molecule has 0 aliphatic heterocycles. The Morgan fingerprint density at radius 1 is 1.30 bits per heavy atom. The molecule has 1 heterocycles. The minimum Gasteiger partial charge on any atom is -0.337 e. The summed E-state index contributed by atoms with van der Waals surface area (Å²) in [6.07, 6.45) is 2.57. The molecule has 0 saturated heterocycles. The third-order valence-corrected chi connectivity index (χ3v) is 3.28. The van der Waals surface area contributed by atoms with Crippen LogP contribution in [0.4, 0.5) is 13.2 Å². The molecule has 0 aliphatic rings. The van der Waals surface area contributed by atoms with Crippen LogP contribution in [0.2, 0.25) is 0 Å². The quantitative estimate of drug-likeness (QED) is 0.860. The predicted molar refractivity (Wildman–Crippen MR) is 69.5 cm³/mol. The van der Waals surface area contributed by atoms with Crippen LogP contribution in [0, 0.1) is 17.5 Å². The van der Waals surface area contributed by atoms with Gasteiger partial charge in [-0.3, -0.25) is 0 Å². The zero-order valence-corrected chi connectivity index (χ0v) is 11.4. The van der Waals surface area contributed by atoms with E-state index in [1.807, 2.05) is 6.26 Å². The minimum absolute atomic E-state index is 0.00605. The van der Waals surface area contributed by atoms with E-state index in [9.17, 15) is 13.2 Å². The van der Waals surface area contributed by atoms with Crippen LogP contribution in [0.3, 0.4) is 0 Å². The summed E-state index contributed by atoms with van der Waals surface area (Å²) < 4.78 is 44.1. The van der Waals surface area contributed by atoms with Crippen LogP contribution in [0.25, 0.3) is 11.4 Å². The number of rotatable bonds is 5. The molecule has 1 aromatic heterocycles. The summed E-state index contributed by atoms with van der Waals surface area (Å²) in [4.78, 5) is 3.98. The van der Waals surface area contributed by atoms with Crippen LogP contribution < -0.4 is 5.73 Å². The molecule has 1 atom stereocenters. The van der Waals surface area contributed by atoms with Crippen molar-refractivity contribution in [3.8, 4) is 11.4 Å². The van der Waals surface area contributed by atoms with Gasteiger partial charge in [-0.05, 0) is 30.6 Å². The van der Waals surface area contributed by atoms with Crippen molar-refractivity contribution >= 4 is 11.8 Å². The zero-order chi connectivity index (χ0) is 14.7. The van der Waals surface area contributed by atoms with Crippen molar-refractivity contribution in [2.45, 2.75) is 12.5 Å². The van der Waals surface area contributed by atoms with Crippen molar-refractivity contribution in [2.24, 2.45) is 5.73 Å². The van der Waals surface area contributed by atoms with Crippen LogP contribution in [-0.2, 0) is 0 Å². The summed E-state index contributed by atoms with van der Waals surface area (Å²) in [5, 5.41) is 3.60. The van der Waals surface area contributed by atoms with Crippen molar-refractivity contribution in [1.29, 1.82) is 0 Å². The Balaban J connectivity index is 2.24. The maximum Gasteiger partial charge on any atom is 0.243 e. The third-order valence-electron chi connectivity index (χ3n) is 2.63. The first kappa shape index (κ1) is 14.9. The molecule has 0 bridgehead atoms. The first-order valence-electron chi connectivity index (χ1n) is 5.76. The second kappa shape index (κ2) is 6.27. The van der Waals surface area contributed by atoms with Crippen LogP contribution in [0.5, 0.6) is 0 Å². The Morgan fingerprint density at radius 2 is 1.95 bits per heavy atom. The summed E-state index contributed by atoms with van der Waals surface area (Å²) >= 11 is 1.62. The maximum absolute atomic E-state index is 13.1. The SMILES string of the molecule is CSCC[C@H](N)c1nc(-c2cc(F)c(F)c(F)c2)no1. The maximum atomic E-state index is 13.1. The Hall–Kier alpha value is -1.54. The molecule has 108 valence electrons. The van der Waals surface area contributed by atoms with Gasteiger partial charge in [0.1, 0.15) is 0 Å². The Morgan fingerprint density at radius 3 is 2.55 bits per heavy atom. The van der Waals surface area contributed by atoms with Gasteiger partial charge in [0.15, 0.2) is 17.5 Å². The number of hydrogen-bond donors (Lipinski definition) is 1. The van der Waals surface area contributed by atoms with E-state index in [1.165, 1.54) is 0 Å². The fourth-order valence-corrected chi connectivity index (χ4v) is 2.05. The first-order valence-corrected chi connectivity index (χ1v) is 7.15. The zero-order valence-electron chi connectivity index (χ0n) is 10.6. The number of thioether (sulfide) groups is 1. The van der Waals surface area contributed by atoms with Gasteiger partial charge >= 0.3 is 0 Å². The van der Waals surface area contributed by atoms with Gasteiger partial charge in [-0.2, -0.15) is 16.7 Å². The molecule has 1 aromatic carbocycles. The van der Waals surface area contributed by atoms with Gasteiger partial charge in [0.2, 0.25) is 11.7 Å². The molecule has 20 heavy (non-hydrogen) atoms. The number of halogens is 3. The highest BCUT2D eigenvalue weighted by Crippen LogP contribution is 2.23. The summed E-state index contributed by atoms with van der Waals surface area (Å²) in [5.74, 6) is -3.18. The van der Waals surface area contributed by atoms with Crippen LogP contribution in [0.15, 0.2) is 16.7 Å². The van der Waals surface area contributed by atoms with Crippen molar-refractivity contribution < 1.29 is 17.7 Å². The van der Waals surface area contributed by atoms with E-state index < -0.39 is 23.5 Å². The van der Waals surface area contributed by atoms with Crippen LogP contribution in [0.1, 0.15) is 18.4 Å². The summed E-state index contributed by atoms with van der Waals surface area (Å²) in [7, 11) is 0. The van der Waals surface area contributed by atoms with E-state index in [0.29, 0.717) is 6.42 Å². The number of benzene rings is 1. The lowest BCUT2D eigenvalue weighted by Gasteiger charge is -2.03. The highest BCUT2D eigenvalue weighted by Gasteiger charge is 2.18. The van der Waals surface area contributed by atoms with Gasteiger partial charge in [0.25, 0.3) is 0 Å². The first-order chi connectivity index (χ1) is 9.52. The summed E-state index contributed by atoms with van der Waals surface area (Å²) in [6.45, 7) is 0. The van der Waals surface area contributed by atoms with Crippen molar-refractivity contribution in [3.05, 3.63) is 35.5 Å². The predicted octanol–water partition coefficient (Wildman–Crippen LogP) is 2.91. The van der Waals surface area contributed by atoms with E-state index in [2.05, 4.69) is 10.1 Å². The van der Waals surface area contributed by atoms with Crippen molar-refractivity contribution in [1.82, 2.24) is 10.1 Å². The van der Waals surface area contributed by atoms with Crippen LogP contribution in [-0.4, -0.2) is 22.1 Å². The Kier molecular flexibility index (Phi) is 4.66. The van der Waals surface area contributed by atoms with Gasteiger partial charge in [-0.25, -0.2) is 13.2 Å². The number of aromatic nitrogens is 2. The smallest absolute Gasteiger partial charge is 0.243 e. The fourth-order valence-electron chi connectivity index (χ4n) is 1.56. The average molecular weight is 303 g/mol. The van der Waals surface area contributed by atoms with E-state index in [1.54, 1.807) is 11.8 Å². The van der Waals surface area contributed by atoms with Gasteiger partial charge in [0.05, 0.1) is 6.04 Å². The fraction of sp³-hybridized carbons (Fsp3) is 0.333. The summed E-state index contributed by atoms with van der Waals surface area (Å²) in [5.41, 5.74) is 5.83. The average Bonchev–Trinajstić information content (AvgIpc) is 2.91. The highest BCUT2D eigenvalue weighted by atomic mass is 32.2. The highest BCUT2D eigenvalue weighted by molar-refractivity contribution is 7.98. The molecule has 2 aromatic rings. The minimum atomic E-state index is -1.53. The second-order valence-electron chi connectivity index (χ2n) is 4.10. The Labute approximate surface area is 117 Å². The Bertz CT molecular complexity index is 582. The van der Waals surface area contributed by atoms with E-state index in [-0.39, 0.29) is 17.3 Å². The summed E-state index contributed by atoms with van der Waals surface area (Å²) in [6, 6.07) is 1.17. The lowest BCUT2D eigenvalue weighted by atomic mass is 10.2. The molecule has 0 saturated carbocycles. The molecule has 0 unspecified atom stereocenters. The largest absolute Gasteiger partial charge is 0.337 e. The molecule has 0 spiro atoms. The van der Waals surface area contributed by atoms with Crippen LogP contribution >= 0.6 is 11.8 Å². The number of nitrogens with zero attached hydrogens (tertiary/aromatic N) is 2. The number of nitrogens with two attached hydrogens (primary N) is 1. The molecule has 0 amide bonds. The molecular weight excluding hydrogens is 291 g/mol. The lowest BCUT2D eigenvalue weighted by molar-refractivity contribution is 0.353. The van der Waals surface area contributed by atoms with Gasteiger partial charge in [-0.15, -0.1) is 0 Å². The molecular formula is C12H12F3N3OS. The second-order valence-corrected chi connectivity index (χ2v) is 5.08. The van der Waals surface area contributed by atoms with Crippen molar-refractivity contribution in [2.75, 3.05) is 12.0 Å². The lowest BCUT2D eigenvalue weighted by Crippen LogP contribution is -2.11. The standard InChI is InChI=1S/C12H12F3N3OS/c1-20-3-2-9(16)12-17-11(18-19-12)6-4-7(13)10(15)8(14)5-6/h4-5,9H,2-3,16H2,1H3/t9-/m0/s1. The third kappa shape index (κ3) is 3.13. The molecule has 2 N–H and O–H groups in total. The van der Waals surface area contributed by atoms with Crippen molar-refractivity contribution in [3.63, 3.8) is 0 Å². The number of hydrogen-bond acceptors (Lipinski definition) is 5. The monoisotopic (exact) mass is 303 g/mol. The molecule has 8 heteroatoms. The van der Waals surface area contributed by atoms with E-state index >= 15 is 0 Å². The molecule has 4 nitrogen and oxygen atoms in total. The molecule has 0 fully saturated rings. The van der Waals surface area contributed by atoms with Gasteiger partial charge < -0.3 is 10.3 Å². The van der Waals surface area contributed by atoms with Gasteiger partial charge in [0, 0.05) is 5.56 Å². The molecule has 0 radical (unpaired) electrons. The topological polar surface area (TPSA) is 64.9 Å². The van der Waals surface area contributed by atoms with Gasteiger partial charge in [-0.1, -0.05) is 5.16 Å². The molecule has 0 aliphatic carbocycles. The van der Waals surface area contributed by atoms with E-state index in [0.717, 1.165) is 17.9 Å². The molecule has 2 rings (SSSR count). The normalized spacial score (nSPS) is 12.7.